The van der Waals surface area contributed by atoms with Crippen LogP contribution in [0.5, 0.6) is 0 Å². The Morgan fingerprint density at radius 2 is 2.21 bits per heavy atom. The van der Waals surface area contributed by atoms with Crippen LogP contribution >= 0.6 is 27.3 Å². The molecular formula is C14H21BrN2OS. The van der Waals surface area contributed by atoms with Gasteiger partial charge in [0.1, 0.15) is 0 Å². The highest BCUT2D eigenvalue weighted by Crippen LogP contribution is 2.30. The van der Waals surface area contributed by atoms with Crippen LogP contribution in [0.25, 0.3) is 0 Å². The molecule has 1 saturated heterocycles. The number of amides is 1. The van der Waals surface area contributed by atoms with Gasteiger partial charge < -0.3 is 10.2 Å². The molecule has 0 saturated carbocycles. The summed E-state index contributed by atoms with van der Waals surface area (Å²) in [6.45, 7) is 4.91. The van der Waals surface area contributed by atoms with Crippen LogP contribution in [0.4, 0.5) is 0 Å². The molecule has 0 spiro atoms. The van der Waals surface area contributed by atoms with Crippen LogP contribution in [0.3, 0.4) is 0 Å². The Balaban J connectivity index is 1.91. The highest BCUT2D eigenvalue weighted by atomic mass is 79.9. The number of likely N-dealkylation sites (tertiary alicyclic amines) is 1. The number of thiophene rings is 1. The first-order valence-corrected chi connectivity index (χ1v) is 8.42. The quantitative estimate of drug-likeness (QED) is 0.908. The van der Waals surface area contributed by atoms with Crippen molar-refractivity contribution in [1.82, 2.24) is 10.2 Å². The molecule has 0 aliphatic carbocycles. The Bertz CT molecular complexity index is 439. The van der Waals surface area contributed by atoms with Gasteiger partial charge in [0.05, 0.1) is 9.35 Å². The number of hydrogen-bond acceptors (Lipinski definition) is 3. The smallest absolute Gasteiger partial charge is 0.255 e. The molecule has 1 aromatic rings. The van der Waals surface area contributed by atoms with Crippen molar-refractivity contribution in [3.8, 4) is 0 Å². The molecule has 19 heavy (non-hydrogen) atoms. The Morgan fingerprint density at radius 3 is 2.74 bits per heavy atom. The second-order valence-electron chi connectivity index (χ2n) is 5.17. The van der Waals surface area contributed by atoms with Crippen LogP contribution in [0, 0.1) is 12.8 Å². The molecule has 1 fully saturated rings. The summed E-state index contributed by atoms with van der Waals surface area (Å²) >= 11 is 5.13. The fourth-order valence-electron chi connectivity index (χ4n) is 2.58. The first-order valence-electron chi connectivity index (χ1n) is 6.81. The largest absolute Gasteiger partial charge is 0.339 e. The van der Waals surface area contributed by atoms with E-state index in [0.29, 0.717) is 0 Å². The van der Waals surface area contributed by atoms with E-state index in [1.54, 1.807) is 11.3 Å². The normalized spacial score (nSPS) is 16.9. The molecule has 2 heterocycles. The SMILES string of the molecule is CNCCC1CCN(C(=O)c2cc(C)sc2Br)CC1. The van der Waals surface area contributed by atoms with E-state index < -0.39 is 0 Å². The van der Waals surface area contributed by atoms with Gasteiger partial charge in [-0.3, -0.25) is 4.79 Å². The number of aryl methyl sites for hydroxylation is 1. The van der Waals surface area contributed by atoms with Gasteiger partial charge in [-0.1, -0.05) is 0 Å². The maximum Gasteiger partial charge on any atom is 0.255 e. The topological polar surface area (TPSA) is 32.3 Å². The van der Waals surface area contributed by atoms with E-state index in [-0.39, 0.29) is 5.91 Å². The molecule has 1 aliphatic heterocycles. The third-order valence-corrected chi connectivity index (χ3v) is 5.50. The van der Waals surface area contributed by atoms with Crippen LogP contribution in [0.1, 0.15) is 34.5 Å². The minimum atomic E-state index is 0.184. The van der Waals surface area contributed by atoms with Crippen molar-refractivity contribution in [2.45, 2.75) is 26.2 Å². The third kappa shape index (κ3) is 3.80. The molecule has 106 valence electrons. The van der Waals surface area contributed by atoms with Crippen LogP contribution in [-0.2, 0) is 0 Å². The van der Waals surface area contributed by atoms with Gasteiger partial charge in [0.25, 0.3) is 5.91 Å². The zero-order valence-electron chi connectivity index (χ0n) is 11.5. The Morgan fingerprint density at radius 1 is 1.53 bits per heavy atom. The fourth-order valence-corrected chi connectivity index (χ4v) is 4.34. The van der Waals surface area contributed by atoms with Crippen molar-refractivity contribution < 1.29 is 4.79 Å². The lowest BCUT2D eigenvalue weighted by atomic mass is 9.93. The predicted octanol–water partition coefficient (Wildman–Crippen LogP) is 3.28. The summed E-state index contributed by atoms with van der Waals surface area (Å²) in [4.78, 5) is 15.6. The standard InChI is InChI=1S/C14H21BrN2OS/c1-10-9-12(13(15)19-10)14(18)17-7-4-11(5-8-17)3-6-16-2/h9,11,16H,3-8H2,1-2H3. The van der Waals surface area contributed by atoms with E-state index >= 15 is 0 Å². The van der Waals surface area contributed by atoms with Crippen LogP contribution in [0.15, 0.2) is 9.85 Å². The molecular weight excluding hydrogens is 324 g/mol. The van der Waals surface area contributed by atoms with Crippen molar-refractivity contribution in [2.75, 3.05) is 26.7 Å². The zero-order valence-corrected chi connectivity index (χ0v) is 13.9. The number of nitrogens with zero attached hydrogens (tertiary/aromatic N) is 1. The fraction of sp³-hybridized carbons (Fsp3) is 0.643. The second kappa shape index (κ2) is 6.86. The zero-order chi connectivity index (χ0) is 13.8. The van der Waals surface area contributed by atoms with E-state index in [1.807, 2.05) is 24.9 Å². The number of halogens is 1. The van der Waals surface area contributed by atoms with Crippen molar-refractivity contribution in [1.29, 1.82) is 0 Å². The Labute approximate surface area is 127 Å². The summed E-state index contributed by atoms with van der Waals surface area (Å²) < 4.78 is 0.965. The van der Waals surface area contributed by atoms with Crippen LogP contribution in [-0.4, -0.2) is 37.5 Å². The van der Waals surface area contributed by atoms with Gasteiger partial charge in [0, 0.05) is 18.0 Å². The molecule has 0 aromatic carbocycles. The lowest BCUT2D eigenvalue weighted by Crippen LogP contribution is -2.38. The highest BCUT2D eigenvalue weighted by molar-refractivity contribution is 9.11. The summed E-state index contributed by atoms with van der Waals surface area (Å²) in [5, 5.41) is 3.20. The van der Waals surface area contributed by atoms with Crippen molar-refractivity contribution in [3.05, 3.63) is 20.3 Å². The van der Waals surface area contributed by atoms with Gasteiger partial charge in [0.15, 0.2) is 0 Å². The van der Waals surface area contributed by atoms with Crippen molar-refractivity contribution in [3.63, 3.8) is 0 Å². The summed E-state index contributed by atoms with van der Waals surface area (Å²) in [5.74, 6) is 0.951. The van der Waals surface area contributed by atoms with Gasteiger partial charge in [0.2, 0.25) is 0 Å². The minimum absolute atomic E-state index is 0.184. The predicted molar refractivity (Wildman–Crippen MR) is 83.9 cm³/mol. The average Bonchev–Trinajstić information content (AvgIpc) is 2.75. The van der Waals surface area contributed by atoms with Gasteiger partial charge >= 0.3 is 0 Å². The second-order valence-corrected chi connectivity index (χ2v) is 7.75. The van der Waals surface area contributed by atoms with E-state index in [4.69, 9.17) is 0 Å². The summed E-state index contributed by atoms with van der Waals surface area (Å²) in [5.41, 5.74) is 0.830. The molecule has 1 aliphatic rings. The molecule has 1 aromatic heterocycles. The lowest BCUT2D eigenvalue weighted by molar-refractivity contribution is 0.0687. The van der Waals surface area contributed by atoms with Crippen LogP contribution in [0.2, 0.25) is 0 Å². The third-order valence-electron chi connectivity index (χ3n) is 3.74. The summed E-state index contributed by atoms with van der Waals surface area (Å²) in [7, 11) is 2.00. The van der Waals surface area contributed by atoms with Gasteiger partial charge in [-0.15, -0.1) is 11.3 Å². The molecule has 1 N–H and O–H groups in total. The maximum absolute atomic E-state index is 12.4. The van der Waals surface area contributed by atoms with Gasteiger partial charge in [-0.2, -0.15) is 0 Å². The number of carbonyl (C=O) groups excluding carboxylic acids is 1. The van der Waals surface area contributed by atoms with Gasteiger partial charge in [-0.25, -0.2) is 0 Å². The molecule has 5 heteroatoms. The lowest BCUT2D eigenvalue weighted by Gasteiger charge is -2.32. The van der Waals surface area contributed by atoms with Crippen LogP contribution < -0.4 is 5.32 Å². The molecule has 0 bridgehead atoms. The van der Waals surface area contributed by atoms with Gasteiger partial charge in [-0.05, 0) is 67.7 Å². The first kappa shape index (κ1) is 15.0. The number of nitrogens with one attached hydrogen (secondary N) is 1. The Kier molecular flexibility index (Phi) is 5.42. The van der Waals surface area contributed by atoms with E-state index in [1.165, 1.54) is 11.3 Å². The molecule has 1 amide bonds. The number of hydrogen-bond donors (Lipinski definition) is 1. The number of piperidine rings is 1. The monoisotopic (exact) mass is 344 g/mol. The first-order chi connectivity index (χ1) is 9.11. The van der Waals surface area contributed by atoms with E-state index in [9.17, 15) is 4.79 Å². The average molecular weight is 345 g/mol. The van der Waals surface area contributed by atoms with Crippen molar-refractivity contribution >= 4 is 33.2 Å². The molecule has 0 unspecified atom stereocenters. The number of carbonyl (C=O) groups is 1. The van der Waals surface area contributed by atoms with E-state index in [2.05, 4.69) is 21.2 Å². The summed E-state index contributed by atoms with van der Waals surface area (Å²) in [6.07, 6.45) is 3.49. The molecule has 2 rings (SSSR count). The van der Waals surface area contributed by atoms with E-state index in [0.717, 1.165) is 47.7 Å². The molecule has 0 atom stereocenters. The Hall–Kier alpha value is -0.390. The minimum Gasteiger partial charge on any atom is -0.339 e. The summed E-state index contributed by atoms with van der Waals surface area (Å²) in [6, 6.07) is 1.99. The molecule has 3 nitrogen and oxygen atoms in total. The number of rotatable bonds is 4. The highest BCUT2D eigenvalue weighted by Gasteiger charge is 2.25. The maximum atomic E-state index is 12.4. The van der Waals surface area contributed by atoms with Crippen molar-refractivity contribution in [2.24, 2.45) is 5.92 Å². The molecule has 0 radical (unpaired) electrons.